The molecule has 8 heteroatoms. The van der Waals surface area contributed by atoms with Crippen LogP contribution in [0.25, 0.3) is 0 Å². The molecule has 1 unspecified atom stereocenters. The fourth-order valence-electron chi connectivity index (χ4n) is 2.57. The average molecular weight is 334 g/mol. The van der Waals surface area contributed by atoms with Crippen LogP contribution in [0, 0.1) is 0 Å². The number of piperazine rings is 1. The smallest absolute Gasteiger partial charge is 0.274 e. The summed E-state index contributed by atoms with van der Waals surface area (Å²) >= 11 is 1.54. The Morgan fingerprint density at radius 3 is 2.70 bits per heavy atom. The Morgan fingerprint density at radius 1 is 1.30 bits per heavy atom. The first kappa shape index (κ1) is 15.9. The van der Waals surface area contributed by atoms with Crippen LogP contribution in [0.5, 0.6) is 0 Å². The van der Waals surface area contributed by atoms with E-state index in [1.54, 1.807) is 16.2 Å². The molecular formula is C15H18N4O3S. The number of hydrogen-bond donors (Lipinski definition) is 2. The predicted molar refractivity (Wildman–Crippen MR) is 86.5 cm³/mol. The van der Waals surface area contributed by atoms with Gasteiger partial charge >= 0.3 is 0 Å². The Balaban J connectivity index is 1.53. The molecule has 1 fully saturated rings. The highest BCUT2D eigenvalue weighted by Gasteiger charge is 2.24. The van der Waals surface area contributed by atoms with Gasteiger partial charge in [-0.2, -0.15) is 5.10 Å². The van der Waals surface area contributed by atoms with Crippen LogP contribution in [0.1, 0.15) is 21.5 Å². The van der Waals surface area contributed by atoms with Crippen LogP contribution in [0.2, 0.25) is 0 Å². The number of β-amino-alcohol motifs (C(OH)–C–C–N with tert-alkyl or cyclic N) is 1. The second-order valence-corrected chi connectivity index (χ2v) is 6.41. The van der Waals surface area contributed by atoms with Gasteiger partial charge in [0.1, 0.15) is 11.8 Å². The second-order valence-electron chi connectivity index (χ2n) is 5.43. The fourth-order valence-corrected chi connectivity index (χ4v) is 3.28. The van der Waals surface area contributed by atoms with E-state index in [9.17, 15) is 14.7 Å². The minimum atomic E-state index is -0.488. The first-order valence-electron chi connectivity index (χ1n) is 7.42. The van der Waals surface area contributed by atoms with E-state index in [1.807, 2.05) is 17.5 Å². The number of aromatic amines is 1. The summed E-state index contributed by atoms with van der Waals surface area (Å²) in [5, 5.41) is 18.2. The van der Waals surface area contributed by atoms with Gasteiger partial charge in [-0.3, -0.25) is 14.5 Å². The van der Waals surface area contributed by atoms with Gasteiger partial charge in [0.2, 0.25) is 0 Å². The monoisotopic (exact) mass is 334 g/mol. The summed E-state index contributed by atoms with van der Waals surface area (Å²) in [5.74, 6) is -0.181. The normalized spacial score (nSPS) is 17.2. The van der Waals surface area contributed by atoms with Crippen molar-refractivity contribution in [2.24, 2.45) is 0 Å². The Labute approximate surface area is 137 Å². The molecule has 1 saturated heterocycles. The summed E-state index contributed by atoms with van der Waals surface area (Å²) in [7, 11) is 0. The molecule has 3 heterocycles. The van der Waals surface area contributed by atoms with Crippen molar-refractivity contribution in [1.82, 2.24) is 20.0 Å². The maximum Gasteiger partial charge on any atom is 0.274 e. The Morgan fingerprint density at radius 2 is 2.09 bits per heavy atom. The topological polar surface area (TPSA) is 89.5 Å². The van der Waals surface area contributed by atoms with E-state index in [2.05, 4.69) is 15.1 Å². The second kappa shape index (κ2) is 7.03. The number of H-pyrrole nitrogens is 1. The van der Waals surface area contributed by atoms with Gasteiger partial charge in [-0.1, -0.05) is 6.07 Å². The molecule has 2 N–H and O–H groups in total. The lowest BCUT2D eigenvalue weighted by Crippen LogP contribution is -2.49. The number of aliphatic hydroxyl groups excluding tert-OH is 1. The number of aromatic nitrogens is 2. The third-order valence-electron chi connectivity index (χ3n) is 3.86. The van der Waals surface area contributed by atoms with E-state index < -0.39 is 6.10 Å². The van der Waals surface area contributed by atoms with Crippen LogP contribution in [0.4, 0.5) is 0 Å². The number of carbonyl (C=O) groups is 1. The standard InChI is InChI=1S/C15H18N4O3S/c20-12(13-2-1-9-23-13)10-18-5-7-19(8-6-18)15(22)11-3-4-14(21)17-16-11/h1-4,9,12,20H,5-8,10H2,(H,17,21). The zero-order valence-electron chi connectivity index (χ0n) is 12.5. The number of aliphatic hydroxyl groups is 1. The van der Waals surface area contributed by atoms with Crippen LogP contribution in [0.3, 0.4) is 0 Å². The van der Waals surface area contributed by atoms with Gasteiger partial charge in [0.05, 0.1) is 0 Å². The van der Waals surface area contributed by atoms with Crippen molar-refractivity contribution < 1.29 is 9.90 Å². The molecule has 0 radical (unpaired) electrons. The molecule has 1 aliphatic rings. The van der Waals surface area contributed by atoms with Crippen molar-refractivity contribution in [2.45, 2.75) is 6.10 Å². The summed E-state index contributed by atoms with van der Waals surface area (Å²) in [5.41, 5.74) is -0.0781. The van der Waals surface area contributed by atoms with E-state index in [0.717, 1.165) is 4.88 Å². The lowest BCUT2D eigenvalue weighted by molar-refractivity contribution is 0.0527. The van der Waals surface area contributed by atoms with Gasteiger partial charge in [-0.05, 0) is 17.5 Å². The van der Waals surface area contributed by atoms with Crippen LogP contribution < -0.4 is 5.56 Å². The van der Waals surface area contributed by atoms with Crippen molar-refractivity contribution in [1.29, 1.82) is 0 Å². The van der Waals surface area contributed by atoms with Gasteiger partial charge in [0, 0.05) is 43.7 Å². The Bertz CT molecular complexity index is 687. The lowest BCUT2D eigenvalue weighted by atomic mass is 10.2. The van der Waals surface area contributed by atoms with E-state index >= 15 is 0 Å². The molecule has 0 saturated carbocycles. The molecule has 0 aliphatic carbocycles. The van der Waals surface area contributed by atoms with Crippen LogP contribution in [-0.2, 0) is 0 Å². The molecular weight excluding hydrogens is 316 g/mol. The zero-order valence-corrected chi connectivity index (χ0v) is 13.3. The van der Waals surface area contributed by atoms with Gasteiger partial charge in [-0.25, -0.2) is 5.10 Å². The highest BCUT2D eigenvalue weighted by molar-refractivity contribution is 7.10. The van der Waals surface area contributed by atoms with Crippen LogP contribution >= 0.6 is 11.3 Å². The summed E-state index contributed by atoms with van der Waals surface area (Å²) in [6.07, 6.45) is -0.488. The largest absolute Gasteiger partial charge is 0.386 e. The molecule has 1 atom stereocenters. The molecule has 2 aromatic rings. The molecule has 3 rings (SSSR count). The minimum absolute atomic E-state index is 0.181. The minimum Gasteiger partial charge on any atom is -0.386 e. The third kappa shape index (κ3) is 3.84. The first-order valence-corrected chi connectivity index (χ1v) is 8.30. The third-order valence-corrected chi connectivity index (χ3v) is 4.83. The molecule has 1 aliphatic heterocycles. The SMILES string of the molecule is O=C(c1ccc(=O)[nH]n1)N1CCN(CC(O)c2cccs2)CC1. The number of thiophene rings is 1. The quantitative estimate of drug-likeness (QED) is 0.841. The molecule has 122 valence electrons. The van der Waals surface area contributed by atoms with Crippen molar-refractivity contribution >= 4 is 17.2 Å². The fraction of sp³-hybridized carbons (Fsp3) is 0.400. The molecule has 0 spiro atoms. The van der Waals surface area contributed by atoms with Gasteiger partial charge in [0.15, 0.2) is 0 Å². The van der Waals surface area contributed by atoms with E-state index in [-0.39, 0.29) is 17.2 Å². The highest BCUT2D eigenvalue weighted by atomic mass is 32.1. The van der Waals surface area contributed by atoms with E-state index in [1.165, 1.54) is 12.1 Å². The van der Waals surface area contributed by atoms with Crippen molar-refractivity contribution in [3.63, 3.8) is 0 Å². The number of carbonyl (C=O) groups excluding carboxylic acids is 1. The Hall–Kier alpha value is -2.03. The number of amides is 1. The number of nitrogens with zero attached hydrogens (tertiary/aromatic N) is 3. The van der Waals surface area contributed by atoms with Crippen LogP contribution in [0.15, 0.2) is 34.4 Å². The molecule has 1 amide bonds. The maximum absolute atomic E-state index is 12.3. The van der Waals surface area contributed by atoms with Gasteiger partial charge < -0.3 is 10.0 Å². The van der Waals surface area contributed by atoms with Gasteiger partial charge in [-0.15, -0.1) is 11.3 Å². The van der Waals surface area contributed by atoms with E-state index in [0.29, 0.717) is 32.7 Å². The van der Waals surface area contributed by atoms with Crippen molar-refractivity contribution in [2.75, 3.05) is 32.7 Å². The van der Waals surface area contributed by atoms with Gasteiger partial charge in [0.25, 0.3) is 11.5 Å². The van der Waals surface area contributed by atoms with Crippen molar-refractivity contribution in [3.05, 3.63) is 50.6 Å². The Kier molecular flexibility index (Phi) is 4.85. The van der Waals surface area contributed by atoms with Crippen molar-refractivity contribution in [3.8, 4) is 0 Å². The summed E-state index contributed by atoms with van der Waals surface area (Å²) in [4.78, 5) is 28.1. The zero-order chi connectivity index (χ0) is 16.2. The molecule has 7 nitrogen and oxygen atoms in total. The summed E-state index contributed by atoms with van der Waals surface area (Å²) in [6, 6.07) is 6.59. The molecule has 23 heavy (non-hydrogen) atoms. The lowest BCUT2D eigenvalue weighted by Gasteiger charge is -2.35. The van der Waals surface area contributed by atoms with Crippen LogP contribution in [-0.4, -0.2) is 63.7 Å². The molecule has 0 bridgehead atoms. The van der Waals surface area contributed by atoms with E-state index in [4.69, 9.17) is 0 Å². The molecule has 0 aromatic carbocycles. The average Bonchev–Trinajstić information content (AvgIpc) is 3.10. The number of nitrogens with one attached hydrogen (secondary N) is 1. The highest BCUT2D eigenvalue weighted by Crippen LogP contribution is 2.20. The number of hydrogen-bond acceptors (Lipinski definition) is 6. The first-order chi connectivity index (χ1) is 11.1. The summed E-state index contributed by atoms with van der Waals surface area (Å²) in [6.45, 7) is 3.14. The molecule has 2 aromatic heterocycles. The summed E-state index contributed by atoms with van der Waals surface area (Å²) < 4.78 is 0. The number of rotatable bonds is 4. The predicted octanol–water partition coefficient (Wildman–Crippen LogP) is 0.323. The maximum atomic E-state index is 12.3.